The minimum Gasteiger partial charge on any atom is -0.493 e. The Labute approximate surface area is 206 Å². The molecule has 0 unspecified atom stereocenters. The highest BCUT2D eigenvalue weighted by Crippen LogP contribution is 2.34. The minimum absolute atomic E-state index is 0.00461. The van der Waals surface area contributed by atoms with Crippen molar-refractivity contribution >= 4 is 17.4 Å². The fourth-order valence-electron chi connectivity index (χ4n) is 4.13. The number of anilines is 1. The monoisotopic (exact) mass is 484 g/mol. The molecule has 1 aromatic carbocycles. The molecule has 2 aromatic heterocycles. The number of carbonyl (C=O) groups is 1. The van der Waals surface area contributed by atoms with Crippen molar-refractivity contribution in [1.82, 2.24) is 14.7 Å². The molecule has 3 N–H and O–H groups in total. The second kappa shape index (κ2) is 11.0. The summed E-state index contributed by atoms with van der Waals surface area (Å²) in [6.45, 7) is 13.3. The predicted molar refractivity (Wildman–Crippen MR) is 134 cm³/mol. The minimum atomic E-state index is -0.176. The zero-order valence-electron chi connectivity index (χ0n) is 21.7. The van der Waals surface area contributed by atoms with E-state index in [9.17, 15) is 4.79 Å². The first-order valence-electron chi connectivity index (χ1n) is 12.3. The molecule has 0 amide bonds. The van der Waals surface area contributed by atoms with Crippen LogP contribution in [0.25, 0.3) is 5.65 Å². The maximum atomic E-state index is 13.5. The van der Waals surface area contributed by atoms with Gasteiger partial charge in [-0.05, 0) is 58.6 Å². The molecule has 2 heterocycles. The average Bonchev–Trinajstić information content (AvgIpc) is 3.11. The van der Waals surface area contributed by atoms with Crippen LogP contribution in [0.5, 0.6) is 11.6 Å². The Balaban J connectivity index is 2.03. The van der Waals surface area contributed by atoms with Gasteiger partial charge < -0.3 is 20.3 Å². The number of fused-ring (bicyclic) bond motifs is 1. The maximum absolute atomic E-state index is 13.5. The molecular formula is C26H38N5O4+. The number of hydrogen-bond acceptors (Lipinski definition) is 7. The summed E-state index contributed by atoms with van der Waals surface area (Å²) in [5, 5.41) is 18.0. The van der Waals surface area contributed by atoms with Crippen LogP contribution in [-0.2, 0) is 24.8 Å². The van der Waals surface area contributed by atoms with Crippen LogP contribution >= 0.6 is 0 Å². The molecule has 0 aliphatic carbocycles. The molecule has 35 heavy (non-hydrogen) atoms. The Hall–Kier alpha value is -3.20. The molecule has 0 radical (unpaired) electrons. The van der Waals surface area contributed by atoms with Gasteiger partial charge in [-0.2, -0.15) is 0 Å². The fourth-order valence-corrected chi connectivity index (χ4v) is 4.13. The number of aryl methyl sites for hydroxylation is 1. The van der Waals surface area contributed by atoms with E-state index in [1.165, 1.54) is 4.52 Å². The van der Waals surface area contributed by atoms with Gasteiger partial charge in [0.1, 0.15) is 5.75 Å². The van der Waals surface area contributed by atoms with Crippen LogP contribution in [0.15, 0.2) is 18.2 Å². The largest absolute Gasteiger partial charge is 0.493 e. The molecule has 0 spiro atoms. The van der Waals surface area contributed by atoms with Gasteiger partial charge in [0.05, 0.1) is 13.2 Å². The number of nitrogens with two attached hydrogens (primary N) is 1. The first kappa shape index (κ1) is 26.4. The third-order valence-electron chi connectivity index (χ3n) is 5.90. The Morgan fingerprint density at radius 2 is 1.89 bits per heavy atom. The summed E-state index contributed by atoms with van der Waals surface area (Å²) in [7, 11) is 0. The summed E-state index contributed by atoms with van der Waals surface area (Å²) in [4.78, 5) is 13.5. The van der Waals surface area contributed by atoms with Crippen molar-refractivity contribution in [2.75, 3.05) is 25.6 Å². The lowest BCUT2D eigenvalue weighted by molar-refractivity contribution is -0.714. The number of carbonyl (C=O) groups excluding carboxylic acids is 1. The second-order valence-electron chi connectivity index (χ2n) is 9.50. The van der Waals surface area contributed by atoms with Crippen LogP contribution in [0, 0.1) is 0 Å². The van der Waals surface area contributed by atoms with Crippen molar-refractivity contribution in [2.45, 2.75) is 72.8 Å². The molecule has 0 atom stereocenters. The van der Waals surface area contributed by atoms with Crippen molar-refractivity contribution < 1.29 is 24.1 Å². The number of nitrogens with zero attached hydrogens (tertiary/aromatic N) is 4. The first-order chi connectivity index (χ1) is 16.6. The number of rotatable bonds is 11. The van der Waals surface area contributed by atoms with E-state index in [1.807, 2.05) is 26.0 Å². The summed E-state index contributed by atoms with van der Waals surface area (Å²) < 4.78 is 14.7. The van der Waals surface area contributed by atoms with E-state index >= 15 is 0 Å². The van der Waals surface area contributed by atoms with Gasteiger partial charge in [0, 0.05) is 30.2 Å². The van der Waals surface area contributed by atoms with Crippen molar-refractivity contribution in [3.63, 3.8) is 0 Å². The molecule has 3 aromatic rings. The molecule has 190 valence electrons. The third-order valence-corrected chi connectivity index (χ3v) is 5.90. The number of Topliss-reactive ketones (excluding diaryl/α,β-unsaturated/α-hetero) is 1. The van der Waals surface area contributed by atoms with Crippen LogP contribution in [0.4, 0.5) is 5.95 Å². The normalized spacial score (nSPS) is 11.7. The van der Waals surface area contributed by atoms with Crippen LogP contribution in [0.1, 0.15) is 75.0 Å². The zero-order valence-corrected chi connectivity index (χ0v) is 21.7. The van der Waals surface area contributed by atoms with Gasteiger partial charge >= 0.3 is 11.6 Å². The average molecular weight is 485 g/mol. The number of ether oxygens (including phenoxy) is 2. The van der Waals surface area contributed by atoms with Crippen molar-refractivity contribution in [2.24, 2.45) is 0 Å². The molecule has 0 aliphatic heterocycles. The number of hydrogen-bond donors (Lipinski definition) is 2. The number of benzene rings is 1. The molecule has 3 rings (SSSR count). The molecule has 0 fully saturated rings. The predicted octanol–water partition coefficient (Wildman–Crippen LogP) is 3.06. The van der Waals surface area contributed by atoms with E-state index in [0.29, 0.717) is 42.5 Å². The molecule has 9 heteroatoms. The summed E-state index contributed by atoms with van der Waals surface area (Å²) in [5.41, 5.74) is 10.2. The van der Waals surface area contributed by atoms with E-state index in [2.05, 4.69) is 37.9 Å². The third kappa shape index (κ3) is 5.73. The van der Waals surface area contributed by atoms with E-state index < -0.39 is 0 Å². The Bertz CT molecular complexity index is 1200. The van der Waals surface area contributed by atoms with Crippen LogP contribution in [0.2, 0.25) is 0 Å². The SMILES string of the molecule is CCOc1nn2c(N)n[n+](CC(=O)c3cc(OCCCO)c(CC)c(C(C)(C)C)c3)c2cc1CC. The van der Waals surface area contributed by atoms with Crippen LogP contribution < -0.4 is 19.9 Å². The van der Waals surface area contributed by atoms with Crippen LogP contribution in [-0.4, -0.2) is 45.4 Å². The number of aromatic nitrogens is 4. The second-order valence-corrected chi connectivity index (χ2v) is 9.50. The van der Waals surface area contributed by atoms with Crippen molar-refractivity contribution in [3.8, 4) is 11.6 Å². The van der Waals surface area contributed by atoms with Gasteiger partial charge in [-0.1, -0.05) is 39.1 Å². The topological polar surface area (TPSA) is 116 Å². The maximum Gasteiger partial charge on any atom is 0.355 e. The lowest BCUT2D eigenvalue weighted by Gasteiger charge is -2.25. The van der Waals surface area contributed by atoms with Gasteiger partial charge in [0.15, 0.2) is 6.54 Å². The highest BCUT2D eigenvalue weighted by atomic mass is 16.5. The summed E-state index contributed by atoms with van der Waals surface area (Å²) in [6, 6.07) is 5.68. The summed E-state index contributed by atoms with van der Waals surface area (Å²) in [6.07, 6.45) is 2.03. The van der Waals surface area contributed by atoms with Gasteiger partial charge in [0.2, 0.25) is 5.78 Å². The lowest BCUT2D eigenvalue weighted by Crippen LogP contribution is -2.40. The van der Waals surface area contributed by atoms with Crippen LogP contribution in [0.3, 0.4) is 0 Å². The molecule has 0 aliphatic rings. The van der Waals surface area contributed by atoms with Gasteiger partial charge in [-0.3, -0.25) is 4.79 Å². The van der Waals surface area contributed by atoms with E-state index in [-0.39, 0.29) is 30.3 Å². The van der Waals surface area contributed by atoms with E-state index in [1.54, 1.807) is 10.7 Å². The first-order valence-corrected chi connectivity index (χ1v) is 12.3. The fraction of sp³-hybridized carbons (Fsp3) is 0.538. The van der Waals surface area contributed by atoms with Crippen molar-refractivity contribution in [3.05, 3.63) is 40.5 Å². The van der Waals surface area contributed by atoms with Gasteiger partial charge in [-0.15, -0.1) is 4.68 Å². The molecule has 0 saturated heterocycles. The standard InChI is InChI=1S/C26H38N5O4/c1-7-17-15-23-30(29-25(27)31(23)28-24(17)34-9-3)16-21(33)18-13-20(26(4,5)6)19(8-2)22(14-18)35-12-10-11-32/h13-15,32H,7-12,16H2,1-6H3,(H2,27,29)/q+1. The number of nitrogen functional groups attached to an aromatic ring is 1. The zero-order chi connectivity index (χ0) is 25.8. The van der Waals surface area contributed by atoms with Gasteiger partial charge in [0.25, 0.3) is 5.88 Å². The summed E-state index contributed by atoms with van der Waals surface area (Å²) >= 11 is 0. The number of aliphatic hydroxyl groups excluding tert-OH is 1. The van der Waals surface area contributed by atoms with E-state index in [0.717, 1.165) is 29.5 Å². The molecular weight excluding hydrogens is 446 g/mol. The highest BCUT2D eigenvalue weighted by molar-refractivity contribution is 5.96. The van der Waals surface area contributed by atoms with Crippen molar-refractivity contribution in [1.29, 1.82) is 0 Å². The molecule has 0 bridgehead atoms. The van der Waals surface area contributed by atoms with Gasteiger partial charge in [-0.25, -0.2) is 0 Å². The molecule has 0 saturated carbocycles. The number of ketones is 1. The highest BCUT2D eigenvalue weighted by Gasteiger charge is 2.27. The Morgan fingerprint density at radius 1 is 1.14 bits per heavy atom. The summed E-state index contributed by atoms with van der Waals surface area (Å²) in [5.74, 6) is 1.27. The molecule has 9 nitrogen and oxygen atoms in total. The smallest absolute Gasteiger partial charge is 0.355 e. The van der Waals surface area contributed by atoms with E-state index in [4.69, 9.17) is 20.3 Å². The quantitative estimate of drug-likeness (QED) is 0.244. The Morgan fingerprint density at radius 3 is 2.49 bits per heavy atom. The number of aliphatic hydroxyl groups is 1. The lowest BCUT2D eigenvalue weighted by atomic mass is 9.81. The Kier molecular flexibility index (Phi) is 8.32.